The molecule has 0 aliphatic rings. The fraction of sp³-hybridized carbons (Fsp3) is 0.118. The fourth-order valence-electron chi connectivity index (χ4n) is 2.52. The van der Waals surface area contributed by atoms with E-state index in [2.05, 4.69) is 9.82 Å². The molecule has 3 aromatic rings. The smallest absolute Gasteiger partial charge is 0.258 e. The van der Waals surface area contributed by atoms with Crippen LogP contribution < -0.4 is 4.72 Å². The third-order valence-corrected chi connectivity index (χ3v) is 5.40. The monoisotopic (exact) mass is 372 g/mol. The highest BCUT2D eigenvalue weighted by atomic mass is 32.2. The zero-order chi connectivity index (χ0) is 18.7. The van der Waals surface area contributed by atoms with E-state index in [9.17, 15) is 18.5 Å². The number of nitrogens with one attached hydrogen (secondary N) is 1. The second kappa shape index (κ2) is 7.06. The molecule has 0 atom stereocenters. The van der Waals surface area contributed by atoms with Crippen molar-refractivity contribution >= 4 is 15.7 Å². The second-order valence-corrected chi connectivity index (χ2v) is 7.30. The van der Waals surface area contributed by atoms with E-state index in [-0.39, 0.29) is 22.7 Å². The Balaban J connectivity index is 1.79. The number of aromatic nitrogens is 2. The van der Waals surface area contributed by atoms with Crippen molar-refractivity contribution in [3.63, 3.8) is 0 Å². The summed E-state index contributed by atoms with van der Waals surface area (Å²) in [6, 6.07) is 15.1. The molecular formula is C17H16N4O4S. The Morgan fingerprint density at radius 3 is 2.54 bits per heavy atom. The molecule has 0 fully saturated rings. The molecule has 0 bridgehead atoms. The minimum Gasteiger partial charge on any atom is -0.258 e. The first-order valence-corrected chi connectivity index (χ1v) is 9.20. The molecule has 2 aromatic carbocycles. The van der Waals surface area contributed by atoms with E-state index in [0.29, 0.717) is 5.69 Å². The lowest BCUT2D eigenvalue weighted by atomic mass is 10.2. The van der Waals surface area contributed by atoms with Crippen molar-refractivity contribution in [3.8, 4) is 5.69 Å². The zero-order valence-electron chi connectivity index (χ0n) is 13.9. The van der Waals surface area contributed by atoms with Crippen LogP contribution in [0.5, 0.6) is 0 Å². The average Bonchev–Trinajstić information content (AvgIpc) is 3.10. The number of benzene rings is 2. The molecule has 1 heterocycles. The summed E-state index contributed by atoms with van der Waals surface area (Å²) in [5, 5.41) is 15.3. The molecule has 3 rings (SSSR count). The van der Waals surface area contributed by atoms with Gasteiger partial charge in [0.05, 0.1) is 27.7 Å². The third-order valence-electron chi connectivity index (χ3n) is 3.85. The van der Waals surface area contributed by atoms with Gasteiger partial charge in [0.15, 0.2) is 0 Å². The topological polar surface area (TPSA) is 107 Å². The summed E-state index contributed by atoms with van der Waals surface area (Å²) in [6.07, 6.45) is 1.73. The van der Waals surface area contributed by atoms with E-state index in [0.717, 1.165) is 5.69 Å². The van der Waals surface area contributed by atoms with Crippen molar-refractivity contribution in [2.75, 3.05) is 0 Å². The van der Waals surface area contributed by atoms with Gasteiger partial charge in [0.25, 0.3) is 5.69 Å². The quantitative estimate of drug-likeness (QED) is 0.528. The summed E-state index contributed by atoms with van der Waals surface area (Å²) < 4.78 is 29.1. The largest absolute Gasteiger partial charge is 0.273 e. The number of hydrogen-bond donors (Lipinski definition) is 1. The molecule has 0 saturated heterocycles. The predicted octanol–water partition coefficient (Wildman–Crippen LogP) is 2.57. The number of nitrogens with zero attached hydrogens (tertiary/aromatic N) is 3. The molecule has 0 spiro atoms. The van der Waals surface area contributed by atoms with Crippen molar-refractivity contribution in [3.05, 3.63) is 82.2 Å². The standard InChI is InChI=1S/C17H16N4O4S/c1-13-16(21(22)23)8-5-9-17(13)26(24,25)18-12-14-10-11-20(19-14)15-6-3-2-4-7-15/h2-11,18H,12H2,1H3. The van der Waals surface area contributed by atoms with Crippen LogP contribution in [0.3, 0.4) is 0 Å². The van der Waals surface area contributed by atoms with Crippen LogP contribution in [0.15, 0.2) is 65.7 Å². The lowest BCUT2D eigenvalue weighted by Crippen LogP contribution is -2.24. The van der Waals surface area contributed by atoms with E-state index in [1.807, 2.05) is 30.3 Å². The van der Waals surface area contributed by atoms with Gasteiger partial charge >= 0.3 is 0 Å². The highest BCUT2D eigenvalue weighted by Crippen LogP contribution is 2.24. The number of sulfonamides is 1. The van der Waals surface area contributed by atoms with Crippen LogP contribution in [-0.2, 0) is 16.6 Å². The van der Waals surface area contributed by atoms with Gasteiger partial charge in [0.1, 0.15) is 0 Å². The van der Waals surface area contributed by atoms with Crippen molar-refractivity contribution in [1.29, 1.82) is 0 Å². The van der Waals surface area contributed by atoms with Crippen molar-refractivity contribution in [2.24, 2.45) is 0 Å². The maximum absolute atomic E-state index is 12.5. The van der Waals surface area contributed by atoms with Crippen LogP contribution in [0.1, 0.15) is 11.3 Å². The van der Waals surface area contributed by atoms with Gasteiger partial charge < -0.3 is 0 Å². The third kappa shape index (κ3) is 3.63. The van der Waals surface area contributed by atoms with Gasteiger partial charge in [0.2, 0.25) is 10.0 Å². The summed E-state index contributed by atoms with van der Waals surface area (Å²) in [7, 11) is -3.90. The fourth-order valence-corrected chi connectivity index (χ4v) is 3.78. The average molecular weight is 372 g/mol. The molecule has 0 aliphatic heterocycles. The van der Waals surface area contributed by atoms with Gasteiger partial charge in [-0.25, -0.2) is 17.8 Å². The van der Waals surface area contributed by atoms with Gasteiger partial charge in [-0.1, -0.05) is 24.3 Å². The molecular weight excluding hydrogens is 356 g/mol. The Bertz CT molecular complexity index is 1050. The van der Waals surface area contributed by atoms with Gasteiger partial charge in [-0.15, -0.1) is 0 Å². The Morgan fingerprint density at radius 2 is 1.85 bits per heavy atom. The minimum atomic E-state index is -3.90. The molecule has 0 saturated carbocycles. The number of nitro groups is 1. The summed E-state index contributed by atoms with van der Waals surface area (Å²) in [5.74, 6) is 0. The normalized spacial score (nSPS) is 11.4. The van der Waals surface area contributed by atoms with E-state index in [1.54, 1.807) is 16.9 Å². The first kappa shape index (κ1) is 17.8. The van der Waals surface area contributed by atoms with Gasteiger partial charge in [-0.2, -0.15) is 5.10 Å². The Kier molecular flexibility index (Phi) is 4.83. The van der Waals surface area contributed by atoms with E-state index >= 15 is 0 Å². The van der Waals surface area contributed by atoms with Crippen LogP contribution in [0.4, 0.5) is 5.69 Å². The van der Waals surface area contributed by atoms with E-state index in [4.69, 9.17) is 0 Å². The number of nitro benzene ring substituents is 1. The highest BCUT2D eigenvalue weighted by Gasteiger charge is 2.22. The summed E-state index contributed by atoms with van der Waals surface area (Å²) >= 11 is 0. The second-order valence-electron chi connectivity index (χ2n) is 5.57. The SMILES string of the molecule is Cc1c([N+](=O)[O-])cccc1S(=O)(=O)NCc1ccn(-c2ccccc2)n1. The maximum atomic E-state index is 12.5. The molecule has 0 aliphatic carbocycles. The Labute approximate surface area is 150 Å². The van der Waals surface area contributed by atoms with Crippen LogP contribution in [0, 0.1) is 17.0 Å². The maximum Gasteiger partial charge on any atom is 0.273 e. The first-order valence-electron chi connectivity index (χ1n) is 7.72. The molecule has 0 radical (unpaired) electrons. The molecule has 26 heavy (non-hydrogen) atoms. The number of para-hydroxylation sites is 1. The van der Waals surface area contributed by atoms with Crippen LogP contribution >= 0.6 is 0 Å². The number of rotatable bonds is 6. The van der Waals surface area contributed by atoms with Gasteiger partial charge in [0, 0.05) is 17.8 Å². The highest BCUT2D eigenvalue weighted by molar-refractivity contribution is 7.89. The Hall–Kier alpha value is -3.04. The molecule has 9 heteroatoms. The van der Waals surface area contributed by atoms with Crippen LogP contribution in [0.25, 0.3) is 5.69 Å². The summed E-state index contributed by atoms with van der Waals surface area (Å²) in [4.78, 5) is 10.3. The Morgan fingerprint density at radius 1 is 1.12 bits per heavy atom. The molecule has 8 nitrogen and oxygen atoms in total. The predicted molar refractivity (Wildman–Crippen MR) is 95.4 cm³/mol. The summed E-state index contributed by atoms with van der Waals surface area (Å²) in [5.41, 5.74) is 1.25. The van der Waals surface area contributed by atoms with Crippen molar-refractivity contribution in [1.82, 2.24) is 14.5 Å². The summed E-state index contributed by atoms with van der Waals surface area (Å²) in [6.45, 7) is 1.39. The molecule has 134 valence electrons. The van der Waals surface area contributed by atoms with E-state index < -0.39 is 14.9 Å². The first-order chi connectivity index (χ1) is 12.4. The van der Waals surface area contributed by atoms with Gasteiger partial charge in [-0.3, -0.25) is 10.1 Å². The van der Waals surface area contributed by atoms with Crippen molar-refractivity contribution in [2.45, 2.75) is 18.4 Å². The molecule has 1 aromatic heterocycles. The van der Waals surface area contributed by atoms with E-state index in [1.165, 1.54) is 25.1 Å². The zero-order valence-corrected chi connectivity index (χ0v) is 14.7. The number of hydrogen-bond acceptors (Lipinski definition) is 5. The molecule has 0 amide bonds. The minimum absolute atomic E-state index is 0.0235. The molecule has 0 unspecified atom stereocenters. The van der Waals surface area contributed by atoms with Crippen LogP contribution in [0.2, 0.25) is 0 Å². The molecule has 1 N–H and O–H groups in total. The lowest BCUT2D eigenvalue weighted by Gasteiger charge is -2.08. The van der Waals surface area contributed by atoms with Gasteiger partial charge in [-0.05, 0) is 31.2 Å². The van der Waals surface area contributed by atoms with Crippen LogP contribution in [-0.4, -0.2) is 23.1 Å². The lowest BCUT2D eigenvalue weighted by molar-refractivity contribution is -0.385. The van der Waals surface area contributed by atoms with Crippen molar-refractivity contribution < 1.29 is 13.3 Å².